The standard InChI is InChI=1S/C13H21NO3S2/c1-11(13-7-5-9-18-13)14(2)19(15,16)10-12-6-3-4-8-17-12/h5,7,9,11-12H,3-4,6,8,10H2,1-2H3/t11-,12+/m1/s1. The van der Waals surface area contributed by atoms with Crippen molar-refractivity contribution in [1.29, 1.82) is 0 Å². The minimum absolute atomic E-state index is 0.0964. The maximum Gasteiger partial charge on any atom is 0.216 e. The largest absolute Gasteiger partial charge is 0.377 e. The van der Waals surface area contributed by atoms with Crippen molar-refractivity contribution in [2.24, 2.45) is 0 Å². The first-order valence-electron chi connectivity index (χ1n) is 6.61. The molecule has 0 spiro atoms. The molecule has 0 unspecified atom stereocenters. The Bertz CT molecular complexity index is 478. The van der Waals surface area contributed by atoms with Gasteiger partial charge in [0.2, 0.25) is 10.0 Å². The van der Waals surface area contributed by atoms with E-state index in [0.29, 0.717) is 6.61 Å². The first-order chi connectivity index (χ1) is 9.00. The van der Waals surface area contributed by atoms with E-state index in [9.17, 15) is 8.42 Å². The Hall–Kier alpha value is -0.430. The van der Waals surface area contributed by atoms with Crippen molar-refractivity contribution in [3.05, 3.63) is 22.4 Å². The van der Waals surface area contributed by atoms with Crippen LogP contribution in [0.5, 0.6) is 0 Å². The van der Waals surface area contributed by atoms with Crippen molar-refractivity contribution in [3.8, 4) is 0 Å². The molecule has 0 N–H and O–H groups in total. The van der Waals surface area contributed by atoms with Gasteiger partial charge in [-0.1, -0.05) is 6.07 Å². The summed E-state index contributed by atoms with van der Waals surface area (Å²) in [6.07, 6.45) is 2.81. The van der Waals surface area contributed by atoms with Crippen molar-refractivity contribution < 1.29 is 13.2 Å². The van der Waals surface area contributed by atoms with Crippen LogP contribution in [-0.4, -0.2) is 38.2 Å². The Morgan fingerprint density at radius 2 is 2.32 bits per heavy atom. The molecule has 1 aromatic rings. The van der Waals surface area contributed by atoms with Crippen LogP contribution in [0.4, 0.5) is 0 Å². The summed E-state index contributed by atoms with van der Waals surface area (Å²) in [6, 6.07) is 3.80. The molecule has 0 radical (unpaired) electrons. The van der Waals surface area contributed by atoms with Crippen LogP contribution in [0.2, 0.25) is 0 Å². The molecule has 6 heteroatoms. The predicted octanol–water partition coefficient (Wildman–Crippen LogP) is 2.64. The minimum Gasteiger partial charge on any atom is -0.377 e. The molecule has 1 aliphatic heterocycles. The van der Waals surface area contributed by atoms with Crippen LogP contribution in [0.15, 0.2) is 17.5 Å². The van der Waals surface area contributed by atoms with E-state index in [-0.39, 0.29) is 17.9 Å². The van der Waals surface area contributed by atoms with Crippen LogP contribution < -0.4 is 0 Å². The number of sulfonamides is 1. The molecule has 2 heterocycles. The number of thiophene rings is 1. The third-order valence-electron chi connectivity index (χ3n) is 3.61. The number of ether oxygens (including phenoxy) is 1. The normalized spacial score (nSPS) is 22.6. The second-order valence-corrected chi connectivity index (χ2v) is 8.03. The predicted molar refractivity (Wildman–Crippen MR) is 77.9 cm³/mol. The van der Waals surface area contributed by atoms with E-state index in [0.717, 1.165) is 24.1 Å². The molecule has 0 aliphatic carbocycles. The number of hydrogen-bond acceptors (Lipinski definition) is 4. The van der Waals surface area contributed by atoms with E-state index in [1.54, 1.807) is 18.4 Å². The van der Waals surface area contributed by atoms with Gasteiger partial charge in [0.15, 0.2) is 0 Å². The fraction of sp³-hybridized carbons (Fsp3) is 0.692. The lowest BCUT2D eigenvalue weighted by Crippen LogP contribution is -2.37. The summed E-state index contributed by atoms with van der Waals surface area (Å²) in [6.45, 7) is 2.61. The van der Waals surface area contributed by atoms with E-state index in [4.69, 9.17) is 4.74 Å². The molecular formula is C13H21NO3S2. The van der Waals surface area contributed by atoms with E-state index in [2.05, 4.69) is 0 Å². The SMILES string of the molecule is C[C@H](c1cccs1)N(C)S(=O)(=O)C[C@@H]1CCCCO1. The van der Waals surface area contributed by atoms with Gasteiger partial charge in [-0.3, -0.25) is 0 Å². The van der Waals surface area contributed by atoms with E-state index < -0.39 is 10.0 Å². The second kappa shape index (κ2) is 6.35. The van der Waals surface area contributed by atoms with E-state index in [1.807, 2.05) is 24.4 Å². The van der Waals surface area contributed by atoms with Crippen molar-refractivity contribution in [1.82, 2.24) is 4.31 Å². The zero-order chi connectivity index (χ0) is 13.9. The van der Waals surface area contributed by atoms with Crippen molar-refractivity contribution in [2.75, 3.05) is 19.4 Å². The van der Waals surface area contributed by atoms with Crippen molar-refractivity contribution in [2.45, 2.75) is 38.3 Å². The second-order valence-electron chi connectivity index (χ2n) is 4.97. The van der Waals surface area contributed by atoms with Gasteiger partial charge in [0.25, 0.3) is 0 Å². The summed E-state index contributed by atoms with van der Waals surface area (Å²) >= 11 is 1.58. The Morgan fingerprint density at radius 3 is 2.89 bits per heavy atom. The first kappa shape index (κ1) is 15.0. The van der Waals surface area contributed by atoms with Crippen LogP contribution >= 0.6 is 11.3 Å². The summed E-state index contributed by atoms with van der Waals surface area (Å²) < 4.78 is 31.8. The Balaban J connectivity index is 2.01. The maximum atomic E-state index is 12.4. The van der Waals surface area contributed by atoms with Crippen LogP contribution in [-0.2, 0) is 14.8 Å². The van der Waals surface area contributed by atoms with Crippen molar-refractivity contribution >= 4 is 21.4 Å². The molecule has 0 amide bonds. The van der Waals surface area contributed by atoms with Crippen LogP contribution in [0.25, 0.3) is 0 Å². The molecule has 0 saturated carbocycles. The number of rotatable bonds is 5. The highest BCUT2D eigenvalue weighted by molar-refractivity contribution is 7.89. The van der Waals surface area contributed by atoms with Gasteiger partial charge in [-0.05, 0) is 37.6 Å². The molecule has 2 atom stereocenters. The average Bonchev–Trinajstić information content (AvgIpc) is 2.91. The molecule has 1 fully saturated rings. The molecule has 108 valence electrons. The van der Waals surface area contributed by atoms with Crippen LogP contribution in [0.3, 0.4) is 0 Å². The summed E-state index contributed by atoms with van der Waals surface area (Å²) in [5.41, 5.74) is 0. The molecule has 2 rings (SSSR count). The fourth-order valence-corrected chi connectivity index (χ4v) is 4.70. The number of nitrogens with zero attached hydrogens (tertiary/aromatic N) is 1. The molecule has 0 aromatic carbocycles. The average molecular weight is 303 g/mol. The maximum absolute atomic E-state index is 12.4. The zero-order valence-electron chi connectivity index (χ0n) is 11.4. The van der Waals surface area contributed by atoms with Gasteiger partial charge in [-0.2, -0.15) is 4.31 Å². The topological polar surface area (TPSA) is 46.6 Å². The molecule has 0 bridgehead atoms. The highest BCUT2D eigenvalue weighted by atomic mass is 32.2. The fourth-order valence-electron chi connectivity index (χ4n) is 2.24. The Labute approximate surface area is 119 Å². The molecular weight excluding hydrogens is 282 g/mol. The Kier molecular flexibility index (Phi) is 5.00. The lowest BCUT2D eigenvalue weighted by Gasteiger charge is -2.28. The van der Waals surface area contributed by atoms with Gasteiger partial charge in [-0.25, -0.2) is 8.42 Å². The molecule has 4 nitrogen and oxygen atoms in total. The van der Waals surface area contributed by atoms with Gasteiger partial charge in [-0.15, -0.1) is 11.3 Å². The monoisotopic (exact) mass is 303 g/mol. The zero-order valence-corrected chi connectivity index (χ0v) is 13.0. The lowest BCUT2D eigenvalue weighted by molar-refractivity contribution is 0.0298. The molecule has 1 saturated heterocycles. The Morgan fingerprint density at radius 1 is 1.53 bits per heavy atom. The van der Waals surface area contributed by atoms with Gasteiger partial charge in [0.05, 0.1) is 17.9 Å². The van der Waals surface area contributed by atoms with Crippen molar-refractivity contribution in [3.63, 3.8) is 0 Å². The van der Waals surface area contributed by atoms with Crippen LogP contribution in [0.1, 0.15) is 37.1 Å². The van der Waals surface area contributed by atoms with E-state index in [1.165, 1.54) is 4.31 Å². The highest BCUT2D eigenvalue weighted by Gasteiger charge is 2.29. The lowest BCUT2D eigenvalue weighted by atomic mass is 10.1. The molecule has 1 aromatic heterocycles. The summed E-state index contributed by atoms with van der Waals surface area (Å²) in [4.78, 5) is 1.07. The first-order valence-corrected chi connectivity index (χ1v) is 9.10. The van der Waals surface area contributed by atoms with E-state index >= 15 is 0 Å². The number of hydrogen-bond donors (Lipinski definition) is 0. The highest BCUT2D eigenvalue weighted by Crippen LogP contribution is 2.26. The summed E-state index contributed by atoms with van der Waals surface area (Å²) in [5.74, 6) is 0.0964. The van der Waals surface area contributed by atoms with Gasteiger partial charge < -0.3 is 4.74 Å². The smallest absolute Gasteiger partial charge is 0.216 e. The van der Waals surface area contributed by atoms with Gasteiger partial charge >= 0.3 is 0 Å². The molecule has 1 aliphatic rings. The summed E-state index contributed by atoms with van der Waals surface area (Å²) in [5, 5.41) is 1.97. The third kappa shape index (κ3) is 3.78. The summed E-state index contributed by atoms with van der Waals surface area (Å²) in [7, 11) is -1.61. The molecule has 19 heavy (non-hydrogen) atoms. The minimum atomic E-state index is -3.27. The quantitative estimate of drug-likeness (QED) is 0.840. The van der Waals surface area contributed by atoms with Gasteiger partial charge in [0, 0.05) is 18.5 Å². The van der Waals surface area contributed by atoms with Crippen LogP contribution in [0, 0.1) is 0 Å². The van der Waals surface area contributed by atoms with Gasteiger partial charge in [0.1, 0.15) is 0 Å². The third-order valence-corrected chi connectivity index (χ3v) is 6.64.